The Labute approximate surface area is 128 Å². The lowest BCUT2D eigenvalue weighted by Gasteiger charge is -2.36. The Morgan fingerprint density at radius 2 is 1.76 bits per heavy atom. The molecule has 0 rings (SSSR count). The summed E-state index contributed by atoms with van der Waals surface area (Å²) in [4.78, 5) is 11.3. The third-order valence-electron chi connectivity index (χ3n) is 2.92. The standard InChI is InChI=1S/C14H28BNO5/c1-12(2,3)20-11(17)16-9-8-10-19-15-21-14(6,7)13(4,5)18/h8,10,15,18H,9H2,1-7H3,(H,16,17). The highest BCUT2D eigenvalue weighted by molar-refractivity contribution is 6.18. The molecule has 0 saturated heterocycles. The molecular weight excluding hydrogens is 273 g/mol. The van der Waals surface area contributed by atoms with Gasteiger partial charge in [0.1, 0.15) is 5.60 Å². The van der Waals surface area contributed by atoms with Gasteiger partial charge >= 0.3 is 13.8 Å². The summed E-state index contributed by atoms with van der Waals surface area (Å²) in [6, 6.07) is 0. The molecule has 0 heterocycles. The van der Waals surface area contributed by atoms with Crippen LogP contribution in [0.15, 0.2) is 12.3 Å². The predicted molar refractivity (Wildman–Crippen MR) is 83.1 cm³/mol. The van der Waals surface area contributed by atoms with Gasteiger partial charge in [0.25, 0.3) is 0 Å². The van der Waals surface area contributed by atoms with Crippen molar-refractivity contribution in [3.05, 3.63) is 12.3 Å². The molecular formula is C14H28BNO5. The van der Waals surface area contributed by atoms with E-state index in [1.54, 1.807) is 54.5 Å². The molecule has 122 valence electrons. The molecule has 6 nitrogen and oxygen atoms in total. The van der Waals surface area contributed by atoms with E-state index in [1.165, 1.54) is 6.26 Å². The van der Waals surface area contributed by atoms with Crippen molar-refractivity contribution >= 4 is 13.8 Å². The van der Waals surface area contributed by atoms with Crippen molar-refractivity contribution in [3.8, 4) is 0 Å². The Hall–Kier alpha value is -1.21. The van der Waals surface area contributed by atoms with Crippen molar-refractivity contribution in [1.82, 2.24) is 5.32 Å². The average molecular weight is 301 g/mol. The average Bonchev–Trinajstić information content (AvgIpc) is 2.23. The molecule has 0 aromatic rings. The number of amides is 1. The summed E-state index contributed by atoms with van der Waals surface area (Å²) in [5.41, 5.74) is -2.21. The van der Waals surface area contributed by atoms with Crippen LogP contribution < -0.4 is 5.32 Å². The summed E-state index contributed by atoms with van der Waals surface area (Å²) in [6.45, 7) is 12.6. The number of aliphatic hydroxyl groups is 1. The second-order valence-corrected chi connectivity index (χ2v) is 6.75. The summed E-state index contributed by atoms with van der Waals surface area (Å²) in [6.07, 6.45) is 2.58. The first kappa shape index (κ1) is 19.8. The molecule has 0 saturated carbocycles. The summed E-state index contributed by atoms with van der Waals surface area (Å²) in [7, 11) is 0.0138. The number of hydrogen-bond acceptors (Lipinski definition) is 5. The Morgan fingerprint density at radius 1 is 1.19 bits per heavy atom. The van der Waals surface area contributed by atoms with E-state index in [-0.39, 0.29) is 7.69 Å². The zero-order valence-corrected chi connectivity index (χ0v) is 14.1. The van der Waals surface area contributed by atoms with Crippen molar-refractivity contribution in [1.29, 1.82) is 0 Å². The minimum Gasteiger partial charge on any atom is -0.545 e. The molecule has 0 spiro atoms. The summed E-state index contributed by atoms with van der Waals surface area (Å²) < 4.78 is 15.7. The number of hydrogen-bond donors (Lipinski definition) is 2. The summed E-state index contributed by atoms with van der Waals surface area (Å²) in [5.74, 6) is 0. The van der Waals surface area contributed by atoms with Crippen LogP contribution in [-0.4, -0.2) is 42.2 Å². The lowest BCUT2D eigenvalue weighted by atomic mass is 9.89. The van der Waals surface area contributed by atoms with Gasteiger partial charge in [-0.2, -0.15) is 0 Å². The van der Waals surface area contributed by atoms with Gasteiger partial charge in [0.2, 0.25) is 0 Å². The molecule has 0 unspecified atom stereocenters. The monoisotopic (exact) mass is 301 g/mol. The van der Waals surface area contributed by atoms with Crippen molar-refractivity contribution in [3.63, 3.8) is 0 Å². The fourth-order valence-electron chi connectivity index (χ4n) is 0.970. The summed E-state index contributed by atoms with van der Waals surface area (Å²) in [5, 5.41) is 12.4. The molecule has 1 amide bonds. The van der Waals surface area contributed by atoms with Crippen LogP contribution in [-0.2, 0) is 14.0 Å². The van der Waals surface area contributed by atoms with E-state index in [2.05, 4.69) is 5.32 Å². The first-order valence-corrected chi connectivity index (χ1v) is 6.95. The highest BCUT2D eigenvalue weighted by atomic mass is 16.6. The van der Waals surface area contributed by atoms with E-state index < -0.39 is 22.9 Å². The SMILES string of the molecule is CC(C)(C)OC(=O)NCC=COBOC(C)(C)C(C)(C)O. The maximum atomic E-state index is 11.3. The number of carbonyl (C=O) groups is 1. The first-order chi connectivity index (χ1) is 9.35. The van der Waals surface area contributed by atoms with Crippen molar-refractivity contribution in [2.24, 2.45) is 0 Å². The molecule has 7 heteroatoms. The molecule has 0 bridgehead atoms. The van der Waals surface area contributed by atoms with Gasteiger partial charge < -0.3 is 24.5 Å². The van der Waals surface area contributed by atoms with Gasteiger partial charge in [-0.3, -0.25) is 0 Å². The van der Waals surface area contributed by atoms with Crippen LogP contribution in [0.2, 0.25) is 0 Å². The van der Waals surface area contributed by atoms with Crippen LogP contribution in [0, 0.1) is 0 Å². The minimum atomic E-state index is -0.974. The third-order valence-corrected chi connectivity index (χ3v) is 2.92. The van der Waals surface area contributed by atoms with Gasteiger partial charge in [0, 0.05) is 6.54 Å². The van der Waals surface area contributed by atoms with Crippen molar-refractivity contribution < 1.29 is 23.9 Å². The molecule has 0 radical (unpaired) electrons. The summed E-state index contributed by atoms with van der Waals surface area (Å²) >= 11 is 0. The number of carbonyl (C=O) groups excluding carboxylic acids is 1. The molecule has 0 aliphatic rings. The van der Waals surface area contributed by atoms with Gasteiger partial charge in [-0.15, -0.1) is 0 Å². The van der Waals surface area contributed by atoms with Crippen molar-refractivity contribution in [2.75, 3.05) is 6.54 Å². The highest BCUT2D eigenvalue weighted by Gasteiger charge is 2.35. The van der Waals surface area contributed by atoms with Gasteiger partial charge in [-0.05, 0) is 54.5 Å². The Morgan fingerprint density at radius 3 is 2.24 bits per heavy atom. The Balaban J connectivity index is 3.83. The lowest BCUT2D eigenvalue weighted by molar-refractivity contribution is -0.0959. The molecule has 0 aromatic carbocycles. The Kier molecular flexibility index (Phi) is 7.26. The van der Waals surface area contributed by atoms with Crippen LogP contribution in [0.5, 0.6) is 0 Å². The molecule has 0 aliphatic heterocycles. The molecule has 0 atom stereocenters. The second-order valence-electron chi connectivity index (χ2n) is 6.75. The van der Waals surface area contributed by atoms with Crippen molar-refractivity contribution in [2.45, 2.75) is 65.3 Å². The molecule has 21 heavy (non-hydrogen) atoms. The third kappa shape index (κ3) is 9.36. The first-order valence-electron chi connectivity index (χ1n) is 6.95. The molecule has 0 fully saturated rings. The maximum absolute atomic E-state index is 11.3. The second kappa shape index (κ2) is 7.70. The fourth-order valence-corrected chi connectivity index (χ4v) is 0.970. The molecule has 0 aromatic heterocycles. The topological polar surface area (TPSA) is 77.0 Å². The van der Waals surface area contributed by atoms with E-state index in [9.17, 15) is 9.90 Å². The van der Waals surface area contributed by atoms with E-state index in [4.69, 9.17) is 14.0 Å². The van der Waals surface area contributed by atoms with E-state index in [0.29, 0.717) is 6.54 Å². The fraction of sp³-hybridized carbons (Fsp3) is 0.786. The van der Waals surface area contributed by atoms with Gasteiger partial charge in [0.05, 0.1) is 17.5 Å². The predicted octanol–water partition coefficient (Wildman–Crippen LogP) is 1.87. The van der Waals surface area contributed by atoms with Crippen LogP contribution in [0.4, 0.5) is 4.79 Å². The lowest BCUT2D eigenvalue weighted by Crippen LogP contribution is -2.48. The zero-order valence-electron chi connectivity index (χ0n) is 14.1. The number of rotatable bonds is 7. The minimum absolute atomic E-state index is 0.0138. The van der Waals surface area contributed by atoms with E-state index in [0.717, 1.165) is 0 Å². The normalized spacial score (nSPS) is 13.1. The highest BCUT2D eigenvalue weighted by Crippen LogP contribution is 2.24. The number of nitrogens with one attached hydrogen (secondary N) is 1. The number of alkyl carbamates (subject to hydrolysis) is 1. The zero-order chi connectivity index (χ0) is 16.7. The van der Waals surface area contributed by atoms with Gasteiger partial charge in [-0.1, -0.05) is 0 Å². The molecule has 2 N–H and O–H groups in total. The van der Waals surface area contributed by atoms with Gasteiger partial charge in [0.15, 0.2) is 0 Å². The van der Waals surface area contributed by atoms with Crippen LogP contribution >= 0.6 is 0 Å². The smallest absolute Gasteiger partial charge is 0.506 e. The number of ether oxygens (including phenoxy) is 1. The van der Waals surface area contributed by atoms with Crippen LogP contribution in [0.25, 0.3) is 0 Å². The van der Waals surface area contributed by atoms with Crippen LogP contribution in [0.1, 0.15) is 48.5 Å². The Bertz CT molecular complexity index is 355. The van der Waals surface area contributed by atoms with Gasteiger partial charge in [-0.25, -0.2) is 4.79 Å². The largest absolute Gasteiger partial charge is 0.545 e. The quantitative estimate of drug-likeness (QED) is 0.426. The van der Waals surface area contributed by atoms with Crippen LogP contribution in [0.3, 0.4) is 0 Å². The van der Waals surface area contributed by atoms with E-state index >= 15 is 0 Å². The van der Waals surface area contributed by atoms with E-state index in [1.807, 2.05) is 0 Å². The molecule has 0 aliphatic carbocycles. The maximum Gasteiger partial charge on any atom is 0.506 e.